The van der Waals surface area contributed by atoms with Crippen LogP contribution in [0.3, 0.4) is 0 Å². The lowest BCUT2D eigenvalue weighted by Crippen LogP contribution is -2.37. The van der Waals surface area contributed by atoms with Crippen LogP contribution in [0, 0.1) is 0 Å². The van der Waals surface area contributed by atoms with E-state index in [9.17, 15) is 5.21 Å². The Hall–Kier alpha value is -1.66. The second-order valence-corrected chi connectivity index (χ2v) is 8.55. The number of hydrogen-bond acceptors (Lipinski definition) is 5. The molecule has 2 N–H and O–H groups in total. The Labute approximate surface area is 194 Å². The minimum Gasteiger partial charge on any atom is -0.492 e. The molecule has 1 aliphatic rings. The van der Waals surface area contributed by atoms with Crippen LogP contribution >= 0.6 is 0 Å². The number of para-hydroxylation sites is 1. The van der Waals surface area contributed by atoms with E-state index in [4.69, 9.17) is 14.2 Å². The molecular weight excluding hydrogens is 402 g/mol. The van der Waals surface area contributed by atoms with Crippen LogP contribution in [0.15, 0.2) is 54.6 Å². The van der Waals surface area contributed by atoms with Crippen molar-refractivity contribution in [2.45, 2.75) is 89.4 Å². The number of unbranched alkanes of at least 4 members (excludes halogenated alkanes) is 6. The molecule has 0 radical (unpaired) electrons. The maximum atomic E-state index is 9.53. The van der Waals surface area contributed by atoms with Gasteiger partial charge in [0, 0.05) is 12.8 Å². The Morgan fingerprint density at radius 3 is 2.31 bits per heavy atom. The molecule has 32 heavy (non-hydrogen) atoms. The number of ether oxygens (including phenoxy) is 3. The van der Waals surface area contributed by atoms with E-state index in [1.165, 1.54) is 32.1 Å². The maximum absolute atomic E-state index is 9.53. The molecule has 1 atom stereocenters. The van der Waals surface area contributed by atoms with Crippen LogP contribution in [-0.2, 0) is 9.47 Å². The van der Waals surface area contributed by atoms with Crippen molar-refractivity contribution in [3.8, 4) is 5.75 Å². The van der Waals surface area contributed by atoms with E-state index >= 15 is 0 Å². The highest BCUT2D eigenvalue weighted by molar-refractivity contribution is 5.20. The molecule has 0 saturated carbocycles. The van der Waals surface area contributed by atoms with Gasteiger partial charge >= 0.3 is 0 Å². The predicted octanol–water partition coefficient (Wildman–Crippen LogP) is 6.58. The first kappa shape index (κ1) is 26.6. The van der Waals surface area contributed by atoms with Crippen molar-refractivity contribution in [1.82, 2.24) is 5.48 Å². The zero-order valence-electron chi connectivity index (χ0n) is 19.8. The summed E-state index contributed by atoms with van der Waals surface area (Å²) in [5.41, 5.74) is 2.38. The number of nitrogens with one attached hydrogen (secondary N) is 1. The van der Waals surface area contributed by atoms with Crippen LogP contribution in [0.4, 0.5) is 0 Å². The zero-order valence-corrected chi connectivity index (χ0v) is 19.8. The molecule has 0 aromatic heterocycles. The number of rotatable bonds is 18. The highest BCUT2D eigenvalue weighted by Gasteiger charge is 2.36. The lowest BCUT2D eigenvalue weighted by molar-refractivity contribution is -0.170. The second-order valence-electron chi connectivity index (χ2n) is 8.55. The van der Waals surface area contributed by atoms with Crippen molar-refractivity contribution >= 4 is 0 Å². The summed E-state index contributed by atoms with van der Waals surface area (Å²) in [5, 5.41) is 9.53. The number of allylic oxidation sites excluding steroid dienone is 4. The molecule has 0 aliphatic carbocycles. The summed E-state index contributed by atoms with van der Waals surface area (Å²) in [6, 6.07) is 9.48. The first-order valence-electron chi connectivity index (χ1n) is 12.4. The molecule has 1 heterocycles. The first-order chi connectivity index (χ1) is 15.8. The number of benzene rings is 1. The summed E-state index contributed by atoms with van der Waals surface area (Å²) in [7, 11) is 0. The van der Waals surface area contributed by atoms with Crippen molar-refractivity contribution in [3.05, 3.63) is 54.6 Å². The molecule has 1 aliphatic heterocycles. The Balaban J connectivity index is 1.62. The molecule has 0 bridgehead atoms. The Bertz CT molecular complexity index is 626. The van der Waals surface area contributed by atoms with Gasteiger partial charge in [-0.1, -0.05) is 68.7 Å². The second kappa shape index (κ2) is 16.9. The van der Waals surface area contributed by atoms with Crippen molar-refractivity contribution in [3.63, 3.8) is 0 Å². The molecule has 1 aromatic rings. The van der Waals surface area contributed by atoms with Crippen LogP contribution in [0.5, 0.6) is 5.75 Å². The fraction of sp³-hybridized carbons (Fsp3) is 0.630. The van der Waals surface area contributed by atoms with Gasteiger partial charge in [0.2, 0.25) is 0 Å². The van der Waals surface area contributed by atoms with Gasteiger partial charge in [0.25, 0.3) is 0 Å². The molecular formula is C27H43NO4. The van der Waals surface area contributed by atoms with E-state index in [-0.39, 0.29) is 6.04 Å². The average molecular weight is 446 g/mol. The summed E-state index contributed by atoms with van der Waals surface area (Å²) in [5.74, 6) is 0.277. The summed E-state index contributed by atoms with van der Waals surface area (Å²) in [4.78, 5) is 0. The van der Waals surface area contributed by atoms with Gasteiger partial charge in [0.1, 0.15) is 12.4 Å². The molecule has 1 fully saturated rings. The van der Waals surface area contributed by atoms with Crippen molar-refractivity contribution in [2.75, 3.05) is 19.8 Å². The van der Waals surface area contributed by atoms with E-state index in [0.717, 1.165) is 37.9 Å². The molecule has 0 spiro atoms. The third-order valence-corrected chi connectivity index (χ3v) is 5.85. The number of hydroxylamine groups is 1. The van der Waals surface area contributed by atoms with Gasteiger partial charge < -0.3 is 19.4 Å². The van der Waals surface area contributed by atoms with Crippen molar-refractivity contribution in [1.29, 1.82) is 0 Å². The Morgan fingerprint density at radius 1 is 0.969 bits per heavy atom. The minimum absolute atomic E-state index is 0.170. The van der Waals surface area contributed by atoms with E-state index < -0.39 is 5.79 Å². The number of hydrogen-bond donors (Lipinski definition) is 2. The quantitative estimate of drug-likeness (QED) is 0.152. The van der Waals surface area contributed by atoms with Crippen LogP contribution in [0.25, 0.3) is 0 Å². The van der Waals surface area contributed by atoms with Gasteiger partial charge in [-0.15, -0.1) is 0 Å². The predicted molar refractivity (Wildman–Crippen MR) is 130 cm³/mol. The topological polar surface area (TPSA) is 60.0 Å². The van der Waals surface area contributed by atoms with Crippen molar-refractivity contribution in [2.24, 2.45) is 0 Å². The van der Waals surface area contributed by atoms with Gasteiger partial charge in [-0.3, -0.25) is 0 Å². The van der Waals surface area contributed by atoms with Gasteiger partial charge in [0.05, 0.1) is 19.3 Å². The van der Waals surface area contributed by atoms with Crippen LogP contribution in [0.2, 0.25) is 0 Å². The summed E-state index contributed by atoms with van der Waals surface area (Å²) < 4.78 is 17.8. The molecule has 0 amide bonds. The smallest absolute Gasteiger partial charge is 0.168 e. The molecule has 1 saturated heterocycles. The summed E-state index contributed by atoms with van der Waals surface area (Å²) >= 11 is 0. The minimum atomic E-state index is -0.524. The highest BCUT2D eigenvalue weighted by atomic mass is 16.7. The monoisotopic (exact) mass is 445 g/mol. The van der Waals surface area contributed by atoms with Gasteiger partial charge in [-0.05, 0) is 50.7 Å². The summed E-state index contributed by atoms with van der Waals surface area (Å²) in [6.45, 7) is 3.92. The third kappa shape index (κ3) is 11.3. The molecule has 180 valence electrons. The van der Waals surface area contributed by atoms with Gasteiger partial charge in [-0.25, -0.2) is 0 Å². The molecule has 1 unspecified atom stereocenters. The largest absolute Gasteiger partial charge is 0.492 e. The molecule has 5 heteroatoms. The van der Waals surface area contributed by atoms with E-state index in [1.54, 1.807) is 0 Å². The molecule has 5 nitrogen and oxygen atoms in total. The standard InChI is InChI=1S/C27H43NO4/c1-2-3-4-5-6-7-8-9-10-11-12-16-20-27(31-22-23-32-27)21-19-25(28-29)24-30-26-17-14-13-15-18-26/h7-10,13-15,17-18,25,28-29H,2-6,11-12,16,19-24H2,1H3/b8-7+,10-9+. The molecule has 1 aromatic carbocycles. The van der Waals surface area contributed by atoms with Gasteiger partial charge in [0.15, 0.2) is 5.79 Å². The SMILES string of the molecule is CCCCCC/C=C/C=C/CCCCC1(CCC(COc2ccccc2)NO)OCCO1. The van der Waals surface area contributed by atoms with E-state index in [2.05, 4.69) is 36.7 Å². The zero-order chi connectivity index (χ0) is 22.7. The lowest BCUT2D eigenvalue weighted by Gasteiger charge is -2.29. The normalized spacial score (nSPS) is 16.8. The lowest BCUT2D eigenvalue weighted by atomic mass is 9.99. The van der Waals surface area contributed by atoms with E-state index in [0.29, 0.717) is 26.2 Å². The van der Waals surface area contributed by atoms with Crippen molar-refractivity contribution < 1.29 is 19.4 Å². The third-order valence-electron chi connectivity index (χ3n) is 5.85. The van der Waals surface area contributed by atoms with Crippen LogP contribution < -0.4 is 10.2 Å². The highest BCUT2D eigenvalue weighted by Crippen LogP contribution is 2.31. The molecule has 2 rings (SSSR count). The van der Waals surface area contributed by atoms with Crippen LogP contribution in [-0.4, -0.2) is 36.9 Å². The Kier molecular flexibility index (Phi) is 14.0. The fourth-order valence-electron chi connectivity index (χ4n) is 3.90. The first-order valence-corrected chi connectivity index (χ1v) is 12.4. The van der Waals surface area contributed by atoms with Crippen LogP contribution in [0.1, 0.15) is 77.6 Å². The average Bonchev–Trinajstić information content (AvgIpc) is 3.29. The van der Waals surface area contributed by atoms with E-state index in [1.807, 2.05) is 30.3 Å². The Morgan fingerprint density at radius 2 is 1.66 bits per heavy atom. The summed E-state index contributed by atoms with van der Waals surface area (Å²) in [6.07, 6.45) is 20.9. The van der Waals surface area contributed by atoms with Gasteiger partial charge in [-0.2, -0.15) is 5.48 Å². The fourth-order valence-corrected chi connectivity index (χ4v) is 3.90. The maximum Gasteiger partial charge on any atom is 0.168 e.